The maximum Gasteiger partial charge on any atom is 0.00442 e. The van der Waals surface area contributed by atoms with Gasteiger partial charge in [-0.25, -0.2) is 0 Å². The summed E-state index contributed by atoms with van der Waals surface area (Å²) >= 11 is 0. The first-order chi connectivity index (χ1) is 7.09. The molecule has 1 fully saturated rings. The molecule has 1 heteroatoms. The van der Waals surface area contributed by atoms with Crippen LogP contribution in [0, 0.1) is 11.3 Å². The largest absolute Gasteiger partial charge is 0.328 e. The van der Waals surface area contributed by atoms with Crippen molar-refractivity contribution in [2.45, 2.75) is 78.2 Å². The Morgan fingerprint density at radius 3 is 2.60 bits per heavy atom. The van der Waals surface area contributed by atoms with Gasteiger partial charge in [-0.15, -0.1) is 0 Å². The monoisotopic (exact) mass is 211 g/mol. The van der Waals surface area contributed by atoms with E-state index in [0.717, 1.165) is 5.92 Å². The molecule has 0 amide bonds. The minimum atomic E-state index is 0.485. The minimum Gasteiger partial charge on any atom is -0.328 e. The Kier molecular flexibility index (Phi) is 5.11. The van der Waals surface area contributed by atoms with Crippen molar-refractivity contribution in [1.29, 1.82) is 0 Å². The highest BCUT2D eigenvalue weighted by Crippen LogP contribution is 2.43. The van der Waals surface area contributed by atoms with E-state index >= 15 is 0 Å². The molecule has 90 valence electrons. The Balaban J connectivity index is 2.36. The van der Waals surface area contributed by atoms with Gasteiger partial charge in [0, 0.05) is 6.04 Å². The van der Waals surface area contributed by atoms with Gasteiger partial charge >= 0.3 is 0 Å². The second-order valence-electron chi connectivity index (χ2n) is 5.93. The molecule has 0 bridgehead atoms. The zero-order valence-electron chi connectivity index (χ0n) is 10.9. The summed E-state index contributed by atoms with van der Waals surface area (Å²) in [5.41, 5.74) is 6.59. The number of rotatable bonds is 6. The topological polar surface area (TPSA) is 26.0 Å². The molecule has 3 atom stereocenters. The molecule has 1 aliphatic rings. The van der Waals surface area contributed by atoms with E-state index in [1.165, 1.54) is 51.4 Å². The molecule has 1 nitrogen and oxygen atoms in total. The van der Waals surface area contributed by atoms with Crippen LogP contribution in [0.1, 0.15) is 72.1 Å². The summed E-state index contributed by atoms with van der Waals surface area (Å²) in [5.74, 6) is 0.945. The molecule has 0 spiro atoms. The van der Waals surface area contributed by atoms with Crippen molar-refractivity contribution in [1.82, 2.24) is 0 Å². The van der Waals surface area contributed by atoms with Crippen molar-refractivity contribution in [2.75, 3.05) is 0 Å². The Hall–Kier alpha value is -0.0400. The van der Waals surface area contributed by atoms with E-state index < -0.39 is 0 Å². The quantitative estimate of drug-likeness (QED) is 0.703. The predicted molar refractivity (Wildman–Crippen MR) is 67.9 cm³/mol. The Labute approximate surface area is 95.8 Å². The lowest BCUT2D eigenvalue weighted by atomic mass is 9.77. The SMILES string of the molecule is CCCCC(CC)CC1(C)CCC(N)C1. The van der Waals surface area contributed by atoms with Gasteiger partial charge in [0.25, 0.3) is 0 Å². The summed E-state index contributed by atoms with van der Waals surface area (Å²) < 4.78 is 0. The van der Waals surface area contributed by atoms with Gasteiger partial charge in [0.15, 0.2) is 0 Å². The maximum absolute atomic E-state index is 6.03. The molecule has 0 heterocycles. The summed E-state index contributed by atoms with van der Waals surface area (Å²) in [6, 6.07) is 0.485. The standard InChI is InChI=1S/C14H29N/c1-4-6-7-12(5-2)10-14(3)9-8-13(15)11-14/h12-13H,4-11,15H2,1-3H3. The van der Waals surface area contributed by atoms with Crippen molar-refractivity contribution in [3.05, 3.63) is 0 Å². The van der Waals surface area contributed by atoms with Gasteiger partial charge in [-0.05, 0) is 37.0 Å². The van der Waals surface area contributed by atoms with Gasteiger partial charge in [-0.1, -0.05) is 46.5 Å². The number of hydrogen-bond donors (Lipinski definition) is 1. The summed E-state index contributed by atoms with van der Waals surface area (Å²) in [6.07, 6.45) is 10.8. The summed E-state index contributed by atoms with van der Waals surface area (Å²) in [5, 5.41) is 0. The van der Waals surface area contributed by atoms with Crippen molar-refractivity contribution in [3.8, 4) is 0 Å². The van der Waals surface area contributed by atoms with Crippen LogP contribution in [-0.2, 0) is 0 Å². The van der Waals surface area contributed by atoms with Crippen LogP contribution in [-0.4, -0.2) is 6.04 Å². The van der Waals surface area contributed by atoms with Gasteiger partial charge in [-0.2, -0.15) is 0 Å². The summed E-state index contributed by atoms with van der Waals surface area (Å²) in [6.45, 7) is 7.09. The molecule has 1 saturated carbocycles. The fourth-order valence-corrected chi connectivity index (χ4v) is 3.20. The van der Waals surface area contributed by atoms with Crippen LogP contribution in [0.15, 0.2) is 0 Å². The van der Waals surface area contributed by atoms with E-state index in [0.29, 0.717) is 11.5 Å². The number of hydrogen-bond acceptors (Lipinski definition) is 1. The third kappa shape index (κ3) is 4.14. The molecule has 0 saturated heterocycles. The zero-order chi connectivity index (χ0) is 11.3. The third-order valence-corrected chi connectivity index (χ3v) is 4.20. The molecular weight excluding hydrogens is 182 g/mol. The van der Waals surface area contributed by atoms with Gasteiger partial charge < -0.3 is 5.73 Å². The second-order valence-corrected chi connectivity index (χ2v) is 5.93. The first-order valence-corrected chi connectivity index (χ1v) is 6.85. The molecule has 0 aromatic heterocycles. The Morgan fingerprint density at radius 2 is 2.13 bits per heavy atom. The summed E-state index contributed by atoms with van der Waals surface area (Å²) in [4.78, 5) is 0. The fraction of sp³-hybridized carbons (Fsp3) is 1.00. The van der Waals surface area contributed by atoms with E-state index in [1.807, 2.05) is 0 Å². The van der Waals surface area contributed by atoms with E-state index in [-0.39, 0.29) is 0 Å². The Morgan fingerprint density at radius 1 is 1.40 bits per heavy atom. The van der Waals surface area contributed by atoms with Gasteiger partial charge in [0.2, 0.25) is 0 Å². The van der Waals surface area contributed by atoms with Crippen molar-refractivity contribution in [3.63, 3.8) is 0 Å². The highest BCUT2D eigenvalue weighted by atomic mass is 14.7. The van der Waals surface area contributed by atoms with E-state index in [9.17, 15) is 0 Å². The molecular formula is C14H29N. The maximum atomic E-state index is 6.03. The van der Waals surface area contributed by atoms with Crippen molar-refractivity contribution < 1.29 is 0 Å². The molecule has 1 rings (SSSR count). The van der Waals surface area contributed by atoms with Crippen LogP contribution < -0.4 is 5.73 Å². The first kappa shape index (κ1) is 13.0. The van der Waals surface area contributed by atoms with E-state index in [2.05, 4.69) is 20.8 Å². The van der Waals surface area contributed by atoms with Crippen LogP contribution in [0.5, 0.6) is 0 Å². The van der Waals surface area contributed by atoms with E-state index in [4.69, 9.17) is 5.73 Å². The third-order valence-electron chi connectivity index (χ3n) is 4.20. The van der Waals surface area contributed by atoms with Crippen LogP contribution in [0.3, 0.4) is 0 Å². The molecule has 15 heavy (non-hydrogen) atoms. The zero-order valence-corrected chi connectivity index (χ0v) is 10.9. The minimum absolute atomic E-state index is 0.485. The van der Waals surface area contributed by atoms with Crippen molar-refractivity contribution in [2.24, 2.45) is 17.1 Å². The molecule has 3 unspecified atom stereocenters. The lowest BCUT2D eigenvalue weighted by Gasteiger charge is -2.29. The van der Waals surface area contributed by atoms with Crippen LogP contribution >= 0.6 is 0 Å². The highest BCUT2D eigenvalue weighted by Gasteiger charge is 2.34. The smallest absolute Gasteiger partial charge is 0.00442 e. The molecule has 1 aliphatic carbocycles. The number of unbranched alkanes of at least 4 members (excludes halogenated alkanes) is 1. The molecule has 2 N–H and O–H groups in total. The first-order valence-electron chi connectivity index (χ1n) is 6.85. The van der Waals surface area contributed by atoms with Gasteiger partial charge in [0.05, 0.1) is 0 Å². The average Bonchev–Trinajstić information content (AvgIpc) is 2.53. The normalized spacial score (nSPS) is 33.2. The fourth-order valence-electron chi connectivity index (χ4n) is 3.20. The highest BCUT2D eigenvalue weighted by molar-refractivity contribution is 4.88. The van der Waals surface area contributed by atoms with E-state index in [1.54, 1.807) is 0 Å². The lowest BCUT2D eigenvalue weighted by molar-refractivity contribution is 0.228. The van der Waals surface area contributed by atoms with Gasteiger partial charge in [-0.3, -0.25) is 0 Å². The number of nitrogens with two attached hydrogens (primary N) is 1. The van der Waals surface area contributed by atoms with Crippen LogP contribution in [0.25, 0.3) is 0 Å². The molecule has 0 aliphatic heterocycles. The van der Waals surface area contributed by atoms with Crippen molar-refractivity contribution >= 4 is 0 Å². The Bertz CT molecular complexity index is 178. The van der Waals surface area contributed by atoms with Crippen LogP contribution in [0.2, 0.25) is 0 Å². The molecule has 0 aromatic carbocycles. The predicted octanol–water partition coefficient (Wildman–Crippen LogP) is 4.11. The average molecular weight is 211 g/mol. The van der Waals surface area contributed by atoms with Crippen LogP contribution in [0.4, 0.5) is 0 Å². The van der Waals surface area contributed by atoms with Gasteiger partial charge in [0.1, 0.15) is 0 Å². The molecule has 0 aromatic rings. The second kappa shape index (κ2) is 5.89. The summed E-state index contributed by atoms with van der Waals surface area (Å²) in [7, 11) is 0. The lowest BCUT2D eigenvalue weighted by Crippen LogP contribution is -2.21. The molecule has 0 radical (unpaired) electrons.